The molecule has 0 saturated heterocycles. The molecule has 2 aromatic rings. The molecule has 2 N–H and O–H groups in total. The maximum absolute atomic E-state index is 13.2. The van der Waals surface area contributed by atoms with Crippen LogP contribution in [0, 0.1) is 11.3 Å². The number of carbonyl (C=O) groups is 1. The van der Waals surface area contributed by atoms with E-state index in [1.807, 2.05) is 13.8 Å². The Labute approximate surface area is 161 Å². The van der Waals surface area contributed by atoms with E-state index in [9.17, 15) is 23.1 Å². The molecule has 1 aliphatic carbocycles. The van der Waals surface area contributed by atoms with Crippen LogP contribution in [0.2, 0.25) is 0 Å². The fraction of sp³-hybridized carbons (Fsp3) is 0.600. The Morgan fingerprint density at radius 1 is 1.25 bits per heavy atom. The van der Waals surface area contributed by atoms with Crippen molar-refractivity contribution in [2.24, 2.45) is 11.3 Å². The summed E-state index contributed by atoms with van der Waals surface area (Å²) in [5.74, 6) is -0.00301. The molecule has 0 atom stereocenters. The molecule has 0 unspecified atom stereocenters. The zero-order chi connectivity index (χ0) is 20.9. The van der Waals surface area contributed by atoms with Gasteiger partial charge in [0.1, 0.15) is 6.54 Å². The summed E-state index contributed by atoms with van der Waals surface area (Å²) in [6.45, 7) is 5.83. The molecule has 5 nitrogen and oxygen atoms in total. The molecule has 0 radical (unpaired) electrons. The predicted molar refractivity (Wildman–Crippen MR) is 101 cm³/mol. The van der Waals surface area contributed by atoms with E-state index in [0.29, 0.717) is 17.0 Å². The number of aliphatic hydroxyl groups is 1. The molecule has 1 saturated carbocycles. The molecule has 1 aromatic carbocycles. The number of rotatable bonds is 6. The molecule has 1 fully saturated rings. The van der Waals surface area contributed by atoms with Crippen LogP contribution in [-0.4, -0.2) is 26.7 Å². The SMILES string of the molecule is CC(C)(O)c1ccc2nc(NC(=O)CC(C)(C)C3CC3)n(CC(F)(F)F)c2c1. The van der Waals surface area contributed by atoms with Gasteiger partial charge in [0, 0.05) is 6.42 Å². The summed E-state index contributed by atoms with van der Waals surface area (Å²) in [5, 5.41) is 12.8. The normalized spacial score (nSPS) is 15.9. The second-order valence-electron chi connectivity index (χ2n) is 8.89. The summed E-state index contributed by atoms with van der Waals surface area (Å²) in [4.78, 5) is 16.7. The van der Waals surface area contributed by atoms with Crippen LogP contribution in [0.25, 0.3) is 11.0 Å². The number of hydrogen-bond acceptors (Lipinski definition) is 3. The van der Waals surface area contributed by atoms with Crippen molar-refractivity contribution in [1.82, 2.24) is 9.55 Å². The number of carbonyl (C=O) groups excluding carboxylic acids is 1. The molecular weight excluding hydrogens is 371 g/mol. The number of benzene rings is 1. The Balaban J connectivity index is 1.95. The number of nitrogens with zero attached hydrogens (tertiary/aromatic N) is 2. The molecule has 154 valence electrons. The van der Waals surface area contributed by atoms with Crippen LogP contribution in [0.4, 0.5) is 19.1 Å². The van der Waals surface area contributed by atoms with Crippen LogP contribution in [0.5, 0.6) is 0 Å². The molecule has 1 aliphatic rings. The van der Waals surface area contributed by atoms with Gasteiger partial charge in [-0.25, -0.2) is 4.98 Å². The number of hydrogen-bond donors (Lipinski definition) is 2. The second-order valence-corrected chi connectivity index (χ2v) is 8.89. The highest BCUT2D eigenvalue weighted by Gasteiger charge is 2.39. The average Bonchev–Trinajstić information content (AvgIpc) is 3.31. The fourth-order valence-electron chi connectivity index (χ4n) is 3.53. The van der Waals surface area contributed by atoms with Crippen LogP contribution in [0.3, 0.4) is 0 Å². The molecule has 1 amide bonds. The van der Waals surface area contributed by atoms with Gasteiger partial charge in [-0.2, -0.15) is 13.2 Å². The van der Waals surface area contributed by atoms with E-state index in [1.165, 1.54) is 6.07 Å². The van der Waals surface area contributed by atoms with E-state index < -0.39 is 18.3 Å². The fourth-order valence-corrected chi connectivity index (χ4v) is 3.53. The lowest BCUT2D eigenvalue weighted by atomic mass is 9.83. The molecule has 0 aliphatic heterocycles. The molecule has 8 heteroatoms. The largest absolute Gasteiger partial charge is 0.406 e. The first-order valence-electron chi connectivity index (χ1n) is 9.36. The highest BCUT2D eigenvalue weighted by Crippen LogP contribution is 2.47. The van der Waals surface area contributed by atoms with Gasteiger partial charge < -0.3 is 9.67 Å². The van der Waals surface area contributed by atoms with Gasteiger partial charge in [0.2, 0.25) is 11.9 Å². The molecule has 0 spiro atoms. The van der Waals surface area contributed by atoms with Gasteiger partial charge in [-0.1, -0.05) is 19.9 Å². The third-order valence-electron chi connectivity index (χ3n) is 5.34. The molecule has 0 bridgehead atoms. The van der Waals surface area contributed by atoms with E-state index in [1.54, 1.807) is 26.0 Å². The van der Waals surface area contributed by atoms with Gasteiger partial charge in [-0.05, 0) is 55.7 Å². The quantitative estimate of drug-likeness (QED) is 0.749. The van der Waals surface area contributed by atoms with E-state index in [-0.39, 0.29) is 29.2 Å². The highest BCUT2D eigenvalue weighted by atomic mass is 19.4. The Morgan fingerprint density at radius 3 is 2.43 bits per heavy atom. The van der Waals surface area contributed by atoms with E-state index >= 15 is 0 Å². The summed E-state index contributed by atoms with van der Waals surface area (Å²) in [6.07, 6.45) is -2.11. The van der Waals surface area contributed by atoms with Crippen LogP contribution in [0.1, 0.15) is 52.5 Å². The zero-order valence-electron chi connectivity index (χ0n) is 16.5. The van der Waals surface area contributed by atoms with Gasteiger partial charge >= 0.3 is 6.18 Å². The summed E-state index contributed by atoms with van der Waals surface area (Å²) in [6, 6.07) is 4.66. The number of imidazole rings is 1. The van der Waals surface area contributed by atoms with Gasteiger partial charge in [-0.3, -0.25) is 10.1 Å². The van der Waals surface area contributed by atoms with Crippen molar-refractivity contribution in [2.75, 3.05) is 5.32 Å². The van der Waals surface area contributed by atoms with E-state index in [4.69, 9.17) is 0 Å². The topological polar surface area (TPSA) is 67.2 Å². The van der Waals surface area contributed by atoms with Crippen LogP contribution < -0.4 is 5.32 Å². The first-order chi connectivity index (χ1) is 12.8. The summed E-state index contributed by atoms with van der Waals surface area (Å²) < 4.78 is 40.5. The number of nitrogens with one attached hydrogen (secondary N) is 1. The standard InChI is InChI=1S/C20H26F3N3O2/c1-18(2,12-5-6-12)10-16(27)25-17-24-14-8-7-13(19(3,4)28)9-15(14)26(17)11-20(21,22)23/h7-9,12,28H,5-6,10-11H2,1-4H3,(H,24,25,27). The average molecular weight is 397 g/mol. The Kier molecular flexibility index (Phi) is 4.98. The summed E-state index contributed by atoms with van der Waals surface area (Å²) >= 11 is 0. The first-order valence-corrected chi connectivity index (χ1v) is 9.36. The predicted octanol–water partition coefficient (Wildman–Crippen LogP) is 4.59. The third-order valence-corrected chi connectivity index (χ3v) is 5.34. The molecule has 1 aromatic heterocycles. The molecular formula is C20H26F3N3O2. The van der Waals surface area contributed by atoms with Crippen molar-refractivity contribution in [2.45, 2.75) is 65.3 Å². The third kappa shape index (κ3) is 4.66. The Morgan fingerprint density at radius 2 is 1.89 bits per heavy atom. The minimum absolute atomic E-state index is 0.128. The number of amides is 1. The van der Waals surface area contributed by atoms with E-state index in [0.717, 1.165) is 17.4 Å². The minimum atomic E-state index is -4.48. The number of fused-ring (bicyclic) bond motifs is 1. The van der Waals surface area contributed by atoms with Gasteiger partial charge in [-0.15, -0.1) is 0 Å². The Bertz CT molecular complexity index is 890. The summed E-state index contributed by atoms with van der Waals surface area (Å²) in [7, 11) is 0. The summed E-state index contributed by atoms with van der Waals surface area (Å²) in [5.41, 5.74) is -0.392. The monoisotopic (exact) mass is 397 g/mol. The van der Waals surface area contributed by atoms with Crippen molar-refractivity contribution in [3.63, 3.8) is 0 Å². The smallest absolute Gasteiger partial charge is 0.386 e. The lowest BCUT2D eigenvalue weighted by molar-refractivity contribution is -0.139. The van der Waals surface area contributed by atoms with Gasteiger partial charge in [0.15, 0.2) is 0 Å². The van der Waals surface area contributed by atoms with Crippen molar-refractivity contribution in [1.29, 1.82) is 0 Å². The molecule has 3 rings (SSSR count). The number of alkyl halides is 3. The number of anilines is 1. The van der Waals surface area contributed by atoms with Gasteiger partial charge in [0.25, 0.3) is 0 Å². The highest BCUT2D eigenvalue weighted by molar-refractivity contribution is 5.92. The number of halogens is 3. The lowest BCUT2D eigenvalue weighted by Crippen LogP contribution is -2.26. The van der Waals surface area contributed by atoms with Crippen LogP contribution in [0.15, 0.2) is 18.2 Å². The number of aromatic nitrogens is 2. The van der Waals surface area contributed by atoms with Crippen LogP contribution in [-0.2, 0) is 16.9 Å². The molecule has 28 heavy (non-hydrogen) atoms. The Hall–Kier alpha value is -2.09. The van der Waals surface area contributed by atoms with Gasteiger partial charge in [0.05, 0.1) is 16.6 Å². The van der Waals surface area contributed by atoms with Crippen molar-refractivity contribution < 1.29 is 23.1 Å². The lowest BCUT2D eigenvalue weighted by Gasteiger charge is -2.23. The van der Waals surface area contributed by atoms with Crippen LogP contribution >= 0.6 is 0 Å². The van der Waals surface area contributed by atoms with E-state index in [2.05, 4.69) is 10.3 Å². The first kappa shape index (κ1) is 20.6. The van der Waals surface area contributed by atoms with Crippen molar-refractivity contribution in [3.8, 4) is 0 Å². The molecule has 1 heterocycles. The van der Waals surface area contributed by atoms with Crippen molar-refractivity contribution in [3.05, 3.63) is 23.8 Å². The van der Waals surface area contributed by atoms with Crippen molar-refractivity contribution >= 4 is 22.9 Å². The second kappa shape index (κ2) is 6.76. The maximum Gasteiger partial charge on any atom is 0.406 e. The zero-order valence-corrected chi connectivity index (χ0v) is 16.5. The maximum atomic E-state index is 13.2. The minimum Gasteiger partial charge on any atom is -0.386 e.